The highest BCUT2D eigenvalue weighted by atomic mass is 35.5. The third-order valence-corrected chi connectivity index (χ3v) is 4.44. The maximum absolute atomic E-state index is 6.37. The molecular weight excluding hydrogens is 348 g/mol. The fraction of sp³-hybridized carbons (Fsp3) is 0.421. The molecule has 0 spiro atoms. The van der Waals surface area contributed by atoms with Crippen LogP contribution in [0.1, 0.15) is 52.1 Å². The van der Waals surface area contributed by atoms with Crippen molar-refractivity contribution >= 4 is 17.3 Å². The van der Waals surface area contributed by atoms with Crippen LogP contribution in [-0.4, -0.2) is 24.5 Å². The lowest BCUT2D eigenvalue weighted by Gasteiger charge is -2.21. The predicted octanol–water partition coefficient (Wildman–Crippen LogP) is 4.61. The number of nitrogens with one attached hydrogen (secondary N) is 1. The summed E-state index contributed by atoms with van der Waals surface area (Å²) in [7, 11) is 0. The number of halogens is 1. The van der Waals surface area contributed by atoms with E-state index in [-0.39, 0.29) is 11.5 Å². The van der Waals surface area contributed by atoms with Gasteiger partial charge in [-0.2, -0.15) is 10.2 Å². The van der Waals surface area contributed by atoms with Crippen LogP contribution >= 0.6 is 11.6 Å². The molecule has 138 valence electrons. The van der Waals surface area contributed by atoms with Crippen LogP contribution in [0, 0.1) is 0 Å². The zero-order valence-electron chi connectivity index (χ0n) is 15.9. The number of anilines is 1. The lowest BCUT2D eigenvalue weighted by Crippen LogP contribution is -2.26. The second-order valence-corrected chi connectivity index (χ2v) is 7.98. The summed E-state index contributed by atoms with van der Waals surface area (Å²) in [5.41, 5.74) is 2.82. The van der Waals surface area contributed by atoms with Crippen molar-refractivity contribution in [3.8, 4) is 5.69 Å². The van der Waals surface area contributed by atoms with Crippen LogP contribution in [0.3, 0.4) is 0 Å². The Hall–Kier alpha value is -2.34. The van der Waals surface area contributed by atoms with Crippen molar-refractivity contribution in [2.24, 2.45) is 0 Å². The summed E-state index contributed by atoms with van der Waals surface area (Å²) in [5.74, 6) is 1.16. The Labute approximate surface area is 159 Å². The Kier molecular flexibility index (Phi) is 5.05. The van der Waals surface area contributed by atoms with Crippen LogP contribution < -0.4 is 5.32 Å². The zero-order valence-corrected chi connectivity index (χ0v) is 16.6. The topological polar surface area (TPSA) is 60.6 Å². The minimum Gasteiger partial charge on any atom is -0.375 e. The van der Waals surface area contributed by atoms with Gasteiger partial charge in [-0.3, -0.25) is 0 Å². The van der Waals surface area contributed by atoms with Gasteiger partial charge in [0.25, 0.3) is 0 Å². The summed E-state index contributed by atoms with van der Waals surface area (Å²) >= 11 is 6.37. The van der Waals surface area contributed by atoms with Crippen LogP contribution in [0.15, 0.2) is 36.8 Å². The predicted molar refractivity (Wildman–Crippen MR) is 105 cm³/mol. The molecule has 26 heavy (non-hydrogen) atoms. The van der Waals surface area contributed by atoms with Gasteiger partial charge in [0, 0.05) is 0 Å². The molecule has 2 aromatic heterocycles. The van der Waals surface area contributed by atoms with Gasteiger partial charge in [0.05, 0.1) is 40.4 Å². The van der Waals surface area contributed by atoms with Gasteiger partial charge >= 0.3 is 0 Å². The molecule has 3 aromatic rings. The smallest absolute Gasteiger partial charge is 0.146 e. The molecule has 7 heteroatoms. The molecule has 0 unspecified atom stereocenters. The molecule has 0 atom stereocenters. The molecule has 6 nitrogen and oxygen atoms in total. The van der Waals surface area contributed by atoms with Crippen molar-refractivity contribution in [2.45, 2.75) is 52.6 Å². The Morgan fingerprint density at radius 1 is 1.15 bits per heavy atom. The van der Waals surface area contributed by atoms with Gasteiger partial charge in [0.2, 0.25) is 0 Å². The van der Waals surface area contributed by atoms with Crippen LogP contribution in [0.2, 0.25) is 5.02 Å². The highest BCUT2D eigenvalue weighted by Gasteiger charge is 2.20. The fourth-order valence-electron chi connectivity index (χ4n) is 2.99. The molecule has 0 saturated carbocycles. The average molecular weight is 373 g/mol. The van der Waals surface area contributed by atoms with E-state index >= 15 is 0 Å². The second-order valence-electron chi connectivity index (χ2n) is 7.57. The van der Waals surface area contributed by atoms with Gasteiger partial charge in [-0.25, -0.2) is 14.3 Å². The van der Waals surface area contributed by atoms with Crippen molar-refractivity contribution in [3.63, 3.8) is 0 Å². The second kappa shape index (κ2) is 7.11. The number of hydrogen-bond acceptors (Lipinski definition) is 4. The third kappa shape index (κ3) is 3.60. The lowest BCUT2D eigenvalue weighted by molar-refractivity contribution is 0.343. The Morgan fingerprint density at radius 3 is 2.54 bits per heavy atom. The minimum absolute atomic E-state index is 0.115. The van der Waals surface area contributed by atoms with E-state index in [0.29, 0.717) is 11.6 Å². The Bertz CT molecular complexity index is 888. The van der Waals surface area contributed by atoms with E-state index in [4.69, 9.17) is 11.6 Å². The molecule has 0 radical (unpaired) electrons. The summed E-state index contributed by atoms with van der Waals surface area (Å²) in [4.78, 5) is 4.39. The normalized spacial score (nSPS) is 12.0. The molecule has 1 aromatic carbocycles. The van der Waals surface area contributed by atoms with E-state index in [1.165, 1.54) is 0 Å². The fourth-order valence-corrected chi connectivity index (χ4v) is 3.20. The van der Waals surface area contributed by atoms with Crippen molar-refractivity contribution in [1.82, 2.24) is 24.5 Å². The molecule has 0 aliphatic carbocycles. The molecule has 0 saturated heterocycles. The van der Waals surface area contributed by atoms with Crippen LogP contribution in [0.5, 0.6) is 0 Å². The van der Waals surface area contributed by atoms with Crippen molar-refractivity contribution < 1.29 is 0 Å². The maximum atomic E-state index is 6.37. The van der Waals surface area contributed by atoms with Crippen LogP contribution in [0.25, 0.3) is 5.69 Å². The van der Waals surface area contributed by atoms with E-state index in [1.54, 1.807) is 6.33 Å². The number of hydrogen-bond donors (Lipinski definition) is 1. The zero-order chi connectivity index (χ0) is 18.9. The first-order chi connectivity index (χ1) is 12.3. The first kappa shape index (κ1) is 18.5. The molecule has 2 heterocycles. The van der Waals surface area contributed by atoms with Crippen molar-refractivity contribution in [2.75, 3.05) is 5.32 Å². The maximum Gasteiger partial charge on any atom is 0.146 e. The van der Waals surface area contributed by atoms with Gasteiger partial charge in [0.15, 0.2) is 0 Å². The van der Waals surface area contributed by atoms with E-state index in [2.05, 4.69) is 55.1 Å². The molecule has 0 bridgehead atoms. The molecule has 0 aliphatic heterocycles. The van der Waals surface area contributed by atoms with Gasteiger partial charge in [0.1, 0.15) is 12.2 Å². The summed E-state index contributed by atoms with van der Waals surface area (Å²) in [6.45, 7) is 11.2. The van der Waals surface area contributed by atoms with Gasteiger partial charge in [-0.1, -0.05) is 37.6 Å². The third-order valence-electron chi connectivity index (χ3n) is 4.12. The summed E-state index contributed by atoms with van der Waals surface area (Å²) in [6, 6.07) is 7.73. The SMILES string of the molecule is CC(C)c1c(NCc2ncnn2C(C)(C)C)cnn1-c1ccccc1Cl. The number of para-hydroxylation sites is 1. The number of aromatic nitrogens is 5. The minimum atomic E-state index is -0.115. The standard InChI is InChI=1S/C19H25ClN6/c1-13(2)18-15(10-23-25(18)16-9-7-6-8-14(16)20)21-11-17-22-12-24-26(17)19(3,4)5/h6-10,12-13,21H,11H2,1-5H3. The molecule has 0 amide bonds. The molecule has 0 aliphatic rings. The van der Waals surface area contributed by atoms with Crippen molar-refractivity contribution in [1.29, 1.82) is 0 Å². The number of benzene rings is 1. The lowest BCUT2D eigenvalue weighted by atomic mass is 10.1. The van der Waals surface area contributed by atoms with Crippen LogP contribution in [-0.2, 0) is 12.1 Å². The van der Waals surface area contributed by atoms with E-state index in [9.17, 15) is 0 Å². The highest BCUT2D eigenvalue weighted by Crippen LogP contribution is 2.30. The number of nitrogens with zero attached hydrogens (tertiary/aromatic N) is 5. The molecular formula is C19H25ClN6. The van der Waals surface area contributed by atoms with Gasteiger partial charge in [-0.15, -0.1) is 0 Å². The van der Waals surface area contributed by atoms with Gasteiger partial charge in [-0.05, 0) is 38.8 Å². The summed E-state index contributed by atoms with van der Waals surface area (Å²) in [5, 5.41) is 13.1. The first-order valence-electron chi connectivity index (χ1n) is 8.75. The quantitative estimate of drug-likeness (QED) is 0.710. The van der Waals surface area contributed by atoms with E-state index < -0.39 is 0 Å². The Balaban J connectivity index is 1.91. The van der Waals surface area contributed by atoms with Crippen LogP contribution in [0.4, 0.5) is 5.69 Å². The average Bonchev–Trinajstić information content (AvgIpc) is 3.19. The van der Waals surface area contributed by atoms with E-state index in [1.807, 2.05) is 39.8 Å². The monoisotopic (exact) mass is 372 g/mol. The molecule has 3 rings (SSSR count). The highest BCUT2D eigenvalue weighted by molar-refractivity contribution is 6.32. The summed E-state index contributed by atoms with van der Waals surface area (Å²) in [6.07, 6.45) is 3.44. The molecule has 1 N–H and O–H groups in total. The van der Waals surface area contributed by atoms with Crippen molar-refractivity contribution in [3.05, 3.63) is 53.3 Å². The Morgan fingerprint density at radius 2 is 1.88 bits per heavy atom. The van der Waals surface area contributed by atoms with Gasteiger partial charge < -0.3 is 5.32 Å². The van der Waals surface area contributed by atoms with E-state index in [0.717, 1.165) is 22.9 Å². The molecule has 0 fully saturated rings. The first-order valence-corrected chi connectivity index (χ1v) is 9.13. The number of rotatable bonds is 5. The largest absolute Gasteiger partial charge is 0.375 e. The summed E-state index contributed by atoms with van der Waals surface area (Å²) < 4.78 is 3.84.